The Kier molecular flexibility index (Phi) is 13.3. The second kappa shape index (κ2) is 17.1. The van der Waals surface area contributed by atoms with E-state index in [0.717, 1.165) is 50.9 Å². The first kappa shape index (κ1) is 42.0. The minimum absolute atomic E-state index is 0. The van der Waals surface area contributed by atoms with Gasteiger partial charge in [0.25, 0.3) is 7.12 Å². The van der Waals surface area contributed by atoms with Gasteiger partial charge in [-0.3, -0.25) is 0 Å². The molecule has 0 spiro atoms. The van der Waals surface area contributed by atoms with E-state index in [-0.39, 0.29) is 19.5 Å². The van der Waals surface area contributed by atoms with Gasteiger partial charge in [-0.2, -0.15) is 13.2 Å². The third-order valence-electron chi connectivity index (χ3n) is 9.29. The molecular formula is C41H46BF3N6O2Zn-. The summed E-state index contributed by atoms with van der Waals surface area (Å²) in [5, 5.41) is 22.8. The molecule has 0 saturated carbocycles. The van der Waals surface area contributed by atoms with Gasteiger partial charge >= 0.3 is 12.1 Å². The number of aromatic nitrogens is 6. The molecule has 0 bridgehead atoms. The number of rotatable bonds is 9. The maximum absolute atomic E-state index is 10.6. The molecule has 8 nitrogen and oxygen atoms in total. The van der Waals surface area contributed by atoms with Gasteiger partial charge in [0, 0.05) is 36.2 Å². The number of carbonyl (C=O) groups is 1. The first-order valence-electron chi connectivity index (χ1n) is 17.7. The molecule has 279 valence electrons. The van der Waals surface area contributed by atoms with Crippen molar-refractivity contribution in [1.82, 2.24) is 29.1 Å². The van der Waals surface area contributed by atoms with Gasteiger partial charge < -0.3 is 18.9 Å². The van der Waals surface area contributed by atoms with Crippen LogP contribution in [0.1, 0.15) is 93.1 Å². The number of halogens is 3. The Labute approximate surface area is 328 Å². The molecule has 3 aromatic heterocycles. The number of aryl methyl sites for hydroxylation is 3. The van der Waals surface area contributed by atoms with Gasteiger partial charge in [0.2, 0.25) is 0 Å². The Bertz CT molecular complexity index is 1940. The number of benzene rings is 3. The Balaban J connectivity index is 0.000000741. The largest absolute Gasteiger partial charge is 0.490 e. The molecule has 0 saturated heterocycles. The second-order valence-corrected chi connectivity index (χ2v) is 14.3. The minimum Gasteiger partial charge on any atom is -0.475 e. The Morgan fingerprint density at radius 1 is 0.556 bits per heavy atom. The fourth-order valence-electron chi connectivity index (χ4n) is 6.02. The fourth-order valence-corrected chi connectivity index (χ4v) is 6.02. The average molecular weight is 788 g/mol. The molecule has 0 aliphatic heterocycles. The summed E-state index contributed by atoms with van der Waals surface area (Å²) in [6.07, 6.45) is -5.08. The van der Waals surface area contributed by atoms with Crippen LogP contribution in [0.15, 0.2) is 91.0 Å². The van der Waals surface area contributed by atoms with Crippen LogP contribution in [-0.4, -0.2) is 53.4 Å². The molecule has 0 amide bonds. The van der Waals surface area contributed by atoms with Crippen molar-refractivity contribution < 1.29 is 42.6 Å². The maximum Gasteiger partial charge on any atom is 0.490 e. The van der Waals surface area contributed by atoms with Crippen LogP contribution >= 0.6 is 0 Å². The molecule has 6 aromatic rings. The third-order valence-corrected chi connectivity index (χ3v) is 9.29. The zero-order valence-electron chi connectivity index (χ0n) is 32.3. The van der Waals surface area contributed by atoms with Gasteiger partial charge in [0.15, 0.2) is 0 Å². The Morgan fingerprint density at radius 2 is 0.778 bits per heavy atom. The monoisotopic (exact) mass is 786 g/mol. The predicted molar refractivity (Wildman–Crippen MR) is 205 cm³/mol. The first-order valence-corrected chi connectivity index (χ1v) is 17.7. The normalized spacial score (nSPS) is 11.6. The van der Waals surface area contributed by atoms with Crippen LogP contribution in [0, 0.1) is 20.8 Å². The number of nitrogens with zero attached hydrogens (tertiary/aromatic N) is 6. The Hall–Kier alpha value is -4.76. The van der Waals surface area contributed by atoms with Crippen molar-refractivity contribution in [2.24, 2.45) is 0 Å². The molecule has 3 heterocycles. The van der Waals surface area contributed by atoms with Gasteiger partial charge in [-0.15, -0.1) is 0 Å². The fraction of sp³-hybridized carbons (Fsp3) is 0.317. The summed E-state index contributed by atoms with van der Waals surface area (Å²) < 4.78 is 37.9. The number of carboxylic acid groups (broad SMARTS) is 1. The third kappa shape index (κ3) is 9.48. The molecular weight excluding hydrogens is 742 g/mol. The van der Waals surface area contributed by atoms with Crippen molar-refractivity contribution in [1.29, 1.82) is 0 Å². The van der Waals surface area contributed by atoms with Gasteiger partial charge in [-0.25, -0.2) is 20.1 Å². The van der Waals surface area contributed by atoms with Crippen LogP contribution in [0.5, 0.6) is 0 Å². The first-order chi connectivity index (χ1) is 24.9. The van der Waals surface area contributed by atoms with Crippen LogP contribution in [0.4, 0.5) is 13.2 Å². The average Bonchev–Trinajstić information content (AvgIpc) is 3.81. The van der Waals surface area contributed by atoms with Crippen molar-refractivity contribution >= 4 is 13.1 Å². The summed E-state index contributed by atoms with van der Waals surface area (Å²) >= 11 is 0. The molecule has 6 rings (SSSR count). The van der Waals surface area contributed by atoms with Crippen molar-refractivity contribution in [3.05, 3.63) is 125 Å². The van der Waals surface area contributed by atoms with E-state index in [1.54, 1.807) is 0 Å². The summed E-state index contributed by atoms with van der Waals surface area (Å²) in [6.45, 7) is 19.7. The number of carboxylic acids is 1. The minimum atomic E-state index is -5.08. The smallest absolute Gasteiger partial charge is 0.475 e. The van der Waals surface area contributed by atoms with Crippen LogP contribution in [0.2, 0.25) is 0 Å². The number of aliphatic carboxylic acids is 1. The van der Waals surface area contributed by atoms with Gasteiger partial charge in [0.1, 0.15) is 0 Å². The van der Waals surface area contributed by atoms with Gasteiger partial charge in [-0.05, 0) is 90.5 Å². The van der Waals surface area contributed by atoms with Crippen molar-refractivity contribution in [3.8, 4) is 33.8 Å². The molecule has 0 fully saturated rings. The zero-order chi connectivity index (χ0) is 38.8. The van der Waals surface area contributed by atoms with Gasteiger partial charge in [-0.1, -0.05) is 114 Å². The standard InChI is InChI=1S/C39H45BN6.C2HF3O2.Zn/c1-25(2)31-10-16-34(17-11-31)37-22-28(7)44(41-37)40(45-29(8)23-38(42-45)35-18-12-32(13-19-35)26(3)4)46-30(9)24-39(43-46)36-20-14-33(15-21-36)27(5)6;3-2(4,5)1(6)7;/h10-27H,1-9H3;(H,6,7);/q-1;;. The van der Waals surface area contributed by atoms with Gasteiger partial charge in [0.05, 0.1) is 17.1 Å². The van der Waals surface area contributed by atoms with E-state index in [1.807, 2.05) is 0 Å². The molecule has 0 aliphatic rings. The topological polar surface area (TPSA) is 90.8 Å². The quantitative estimate of drug-likeness (QED) is 0.147. The van der Waals surface area contributed by atoms with E-state index in [1.165, 1.54) is 16.7 Å². The summed E-state index contributed by atoms with van der Waals surface area (Å²) in [6, 6.07) is 32.7. The number of hydrogen-bond donors (Lipinski definition) is 1. The van der Waals surface area contributed by atoms with E-state index in [4.69, 9.17) is 25.2 Å². The predicted octanol–water partition coefficient (Wildman–Crippen LogP) is 10.1. The molecule has 1 N–H and O–H groups in total. The van der Waals surface area contributed by atoms with Crippen molar-refractivity contribution in [2.45, 2.75) is 86.2 Å². The molecule has 0 unspecified atom stereocenters. The van der Waals surface area contributed by atoms with E-state index in [0.29, 0.717) is 17.8 Å². The number of alkyl halides is 3. The van der Waals surface area contributed by atoms with Crippen LogP contribution < -0.4 is 0 Å². The summed E-state index contributed by atoms with van der Waals surface area (Å²) in [5.74, 6) is -1.31. The SMILES string of the molecule is Cc1cc(-c2ccc(C(C)C)cc2)nn1[B-](n1nc(-c2ccc(C(C)C)cc2)cc1C)n1nc(-c2ccc(C(C)C)cc2)cc1C.O=C(O)C(F)(F)F.[Zn]. The van der Waals surface area contributed by atoms with E-state index < -0.39 is 19.3 Å². The van der Waals surface area contributed by atoms with Crippen LogP contribution in [0.25, 0.3) is 33.8 Å². The van der Waals surface area contributed by atoms with Crippen LogP contribution in [0.3, 0.4) is 0 Å². The summed E-state index contributed by atoms with van der Waals surface area (Å²) in [5.41, 5.74) is 13.1. The number of hydrogen-bond acceptors (Lipinski definition) is 4. The van der Waals surface area contributed by atoms with E-state index >= 15 is 0 Å². The summed E-state index contributed by atoms with van der Waals surface area (Å²) in [4.78, 5) is 8.90. The second-order valence-electron chi connectivity index (χ2n) is 14.3. The molecule has 0 atom stereocenters. The molecule has 54 heavy (non-hydrogen) atoms. The molecule has 13 heteroatoms. The zero-order valence-corrected chi connectivity index (χ0v) is 35.3. The summed E-state index contributed by atoms with van der Waals surface area (Å²) in [7, 11) is -0.434. The van der Waals surface area contributed by atoms with E-state index in [9.17, 15) is 13.2 Å². The van der Waals surface area contributed by atoms with Crippen molar-refractivity contribution in [3.63, 3.8) is 0 Å². The maximum atomic E-state index is 10.6. The molecule has 0 aliphatic carbocycles. The van der Waals surface area contributed by atoms with E-state index in [2.05, 4.69) is 167 Å². The van der Waals surface area contributed by atoms with Crippen LogP contribution in [-0.2, 0) is 24.3 Å². The Morgan fingerprint density at radius 3 is 0.963 bits per heavy atom. The molecule has 1 radical (unpaired) electrons. The van der Waals surface area contributed by atoms with Crippen molar-refractivity contribution in [2.75, 3.05) is 0 Å². The molecule has 3 aromatic carbocycles.